The van der Waals surface area contributed by atoms with Crippen LogP contribution in [0.1, 0.15) is 30.9 Å². The Morgan fingerprint density at radius 1 is 1.30 bits per heavy atom. The summed E-state index contributed by atoms with van der Waals surface area (Å²) < 4.78 is 29.2. The second kappa shape index (κ2) is 7.66. The highest BCUT2D eigenvalue weighted by Gasteiger charge is 2.17. The zero-order valence-corrected chi connectivity index (χ0v) is 15.1. The van der Waals surface area contributed by atoms with E-state index in [4.69, 9.17) is 15.4 Å². The minimum atomic E-state index is -3.49. The monoisotopic (exact) mass is 382 g/mol. The lowest BCUT2D eigenvalue weighted by Gasteiger charge is -2.16. The molecule has 1 rings (SSSR count). The molecule has 1 aromatic rings. The lowest BCUT2D eigenvalue weighted by molar-refractivity contribution is 0.252. The van der Waals surface area contributed by atoms with Crippen molar-refractivity contribution in [3.8, 4) is 5.75 Å². The molecule has 1 atom stereocenters. The van der Waals surface area contributed by atoms with E-state index < -0.39 is 9.05 Å². The molecular weight excluding hydrogens is 364 g/mol. The van der Waals surface area contributed by atoms with Crippen molar-refractivity contribution in [3.05, 3.63) is 27.7 Å². The predicted molar refractivity (Wildman–Crippen MR) is 87.1 cm³/mol. The molecule has 1 aromatic carbocycles. The van der Waals surface area contributed by atoms with Crippen LogP contribution in [-0.2, 0) is 9.05 Å². The smallest absolute Gasteiger partial charge is 0.232 e. The summed E-state index contributed by atoms with van der Waals surface area (Å²) >= 11 is 3.51. The number of aryl methyl sites for hydroxylation is 2. The van der Waals surface area contributed by atoms with Gasteiger partial charge < -0.3 is 4.74 Å². The van der Waals surface area contributed by atoms with Crippen LogP contribution in [0.2, 0.25) is 0 Å². The van der Waals surface area contributed by atoms with E-state index in [0.717, 1.165) is 34.2 Å². The van der Waals surface area contributed by atoms with Crippen molar-refractivity contribution >= 4 is 35.7 Å². The molecule has 0 saturated heterocycles. The van der Waals surface area contributed by atoms with Gasteiger partial charge in [0.25, 0.3) is 0 Å². The molecule has 20 heavy (non-hydrogen) atoms. The van der Waals surface area contributed by atoms with E-state index >= 15 is 0 Å². The summed E-state index contributed by atoms with van der Waals surface area (Å²) in [5.41, 5.74) is 2.19. The minimum absolute atomic E-state index is 0.0448. The maximum atomic E-state index is 11.2. The van der Waals surface area contributed by atoms with Crippen molar-refractivity contribution in [2.75, 3.05) is 12.4 Å². The predicted octanol–water partition coefficient (Wildman–Crippen LogP) is 4.43. The van der Waals surface area contributed by atoms with Gasteiger partial charge in [-0.25, -0.2) is 8.42 Å². The van der Waals surface area contributed by atoms with Crippen LogP contribution >= 0.6 is 26.6 Å². The van der Waals surface area contributed by atoms with Crippen LogP contribution in [0.15, 0.2) is 16.6 Å². The first-order valence-corrected chi connectivity index (χ1v) is 9.82. The second-order valence-electron chi connectivity index (χ2n) is 5.04. The van der Waals surface area contributed by atoms with Crippen molar-refractivity contribution in [1.82, 2.24) is 0 Å². The maximum Gasteiger partial charge on any atom is 0.232 e. The fraction of sp³-hybridized carbons (Fsp3) is 0.571. The van der Waals surface area contributed by atoms with Gasteiger partial charge in [-0.3, -0.25) is 0 Å². The molecule has 0 radical (unpaired) electrons. The van der Waals surface area contributed by atoms with Crippen LogP contribution in [0.5, 0.6) is 5.75 Å². The Morgan fingerprint density at radius 3 is 2.30 bits per heavy atom. The van der Waals surface area contributed by atoms with Gasteiger partial charge in [0.2, 0.25) is 9.05 Å². The molecule has 0 aliphatic carbocycles. The first kappa shape index (κ1) is 17.8. The summed E-state index contributed by atoms with van der Waals surface area (Å²) in [7, 11) is 1.84. The van der Waals surface area contributed by atoms with Crippen LogP contribution in [-0.4, -0.2) is 20.8 Å². The van der Waals surface area contributed by atoms with Crippen molar-refractivity contribution in [1.29, 1.82) is 0 Å². The van der Waals surface area contributed by atoms with E-state index in [-0.39, 0.29) is 11.7 Å². The maximum absolute atomic E-state index is 11.2. The SMILES string of the molecule is CCCC(COc1cc(C)c(Br)c(C)c1)CS(=O)(=O)Cl. The van der Waals surface area contributed by atoms with Crippen molar-refractivity contribution in [2.24, 2.45) is 5.92 Å². The van der Waals surface area contributed by atoms with Gasteiger partial charge in [0.05, 0.1) is 12.4 Å². The van der Waals surface area contributed by atoms with Crippen LogP contribution in [0.4, 0.5) is 0 Å². The van der Waals surface area contributed by atoms with Gasteiger partial charge in [-0.15, -0.1) is 0 Å². The zero-order valence-electron chi connectivity index (χ0n) is 11.9. The van der Waals surface area contributed by atoms with Gasteiger partial charge in [0, 0.05) is 21.1 Å². The number of halogens is 2. The van der Waals surface area contributed by atoms with Gasteiger partial charge in [-0.05, 0) is 43.5 Å². The average molecular weight is 384 g/mol. The van der Waals surface area contributed by atoms with Gasteiger partial charge >= 0.3 is 0 Å². The largest absolute Gasteiger partial charge is 0.493 e. The third kappa shape index (κ3) is 6.02. The van der Waals surface area contributed by atoms with Crippen molar-refractivity contribution in [3.63, 3.8) is 0 Å². The van der Waals surface area contributed by atoms with E-state index in [1.54, 1.807) is 0 Å². The first-order valence-electron chi connectivity index (χ1n) is 6.54. The summed E-state index contributed by atoms with van der Waals surface area (Å²) in [6.07, 6.45) is 1.68. The molecule has 0 aromatic heterocycles. The molecule has 0 bridgehead atoms. The van der Waals surface area contributed by atoms with Gasteiger partial charge in [0.15, 0.2) is 0 Å². The molecule has 0 amide bonds. The Bertz CT molecular complexity index is 535. The fourth-order valence-corrected chi connectivity index (χ4v) is 3.70. The molecule has 6 heteroatoms. The highest BCUT2D eigenvalue weighted by molar-refractivity contribution is 9.10. The Labute approximate surface area is 134 Å². The third-order valence-electron chi connectivity index (χ3n) is 3.03. The summed E-state index contributed by atoms with van der Waals surface area (Å²) in [6.45, 7) is 6.37. The molecule has 0 aliphatic heterocycles. The molecule has 3 nitrogen and oxygen atoms in total. The summed E-state index contributed by atoms with van der Waals surface area (Å²) in [5.74, 6) is 0.639. The fourth-order valence-electron chi connectivity index (χ4n) is 2.11. The first-order chi connectivity index (χ1) is 9.23. The molecule has 114 valence electrons. The van der Waals surface area contributed by atoms with E-state index in [1.165, 1.54) is 0 Å². The number of rotatable bonds is 7. The van der Waals surface area contributed by atoms with Gasteiger partial charge in [-0.2, -0.15) is 0 Å². The van der Waals surface area contributed by atoms with Gasteiger partial charge in [-0.1, -0.05) is 29.3 Å². The number of hydrogen-bond acceptors (Lipinski definition) is 3. The van der Waals surface area contributed by atoms with Crippen molar-refractivity contribution < 1.29 is 13.2 Å². The molecule has 0 saturated carbocycles. The highest BCUT2D eigenvalue weighted by Crippen LogP contribution is 2.27. The van der Waals surface area contributed by atoms with Crippen LogP contribution in [0.3, 0.4) is 0 Å². The van der Waals surface area contributed by atoms with Crippen LogP contribution < -0.4 is 4.74 Å². The standard InChI is InChI=1S/C14H20BrClO3S/c1-4-5-12(9-20(16,17)18)8-19-13-6-10(2)14(15)11(3)7-13/h6-7,12H,4-5,8-9H2,1-3H3. The number of benzene rings is 1. The Hall–Kier alpha value is -0.260. The molecule has 0 spiro atoms. The normalized spacial score (nSPS) is 13.2. The lowest BCUT2D eigenvalue weighted by atomic mass is 10.1. The summed E-state index contributed by atoms with van der Waals surface area (Å²) in [4.78, 5) is 0. The second-order valence-corrected chi connectivity index (χ2v) is 8.66. The Balaban J connectivity index is 2.72. The molecule has 0 N–H and O–H groups in total. The van der Waals surface area contributed by atoms with E-state index in [9.17, 15) is 8.42 Å². The van der Waals surface area contributed by atoms with Crippen LogP contribution in [0.25, 0.3) is 0 Å². The molecular formula is C14H20BrClO3S. The van der Waals surface area contributed by atoms with E-state index in [0.29, 0.717) is 6.61 Å². The molecule has 0 aliphatic rings. The molecule has 1 unspecified atom stereocenters. The quantitative estimate of drug-likeness (QED) is 0.654. The number of ether oxygens (including phenoxy) is 1. The third-order valence-corrected chi connectivity index (χ3v) is 5.53. The lowest BCUT2D eigenvalue weighted by Crippen LogP contribution is -2.19. The van der Waals surface area contributed by atoms with Crippen LogP contribution in [0, 0.1) is 19.8 Å². The topological polar surface area (TPSA) is 43.4 Å². The number of hydrogen-bond donors (Lipinski definition) is 0. The van der Waals surface area contributed by atoms with E-state index in [1.807, 2.05) is 32.9 Å². The average Bonchev–Trinajstić information content (AvgIpc) is 2.31. The minimum Gasteiger partial charge on any atom is -0.493 e. The summed E-state index contributed by atoms with van der Waals surface area (Å²) in [5, 5.41) is 0. The van der Waals surface area contributed by atoms with E-state index in [2.05, 4.69) is 15.9 Å². The Morgan fingerprint density at radius 2 is 1.85 bits per heavy atom. The summed E-state index contributed by atoms with van der Waals surface area (Å²) in [6, 6.07) is 3.88. The molecule has 0 heterocycles. The van der Waals surface area contributed by atoms with Gasteiger partial charge in [0.1, 0.15) is 5.75 Å². The highest BCUT2D eigenvalue weighted by atomic mass is 79.9. The van der Waals surface area contributed by atoms with Crippen molar-refractivity contribution in [2.45, 2.75) is 33.6 Å². The Kier molecular flexibility index (Phi) is 6.82. The zero-order chi connectivity index (χ0) is 15.3. The molecule has 0 fully saturated rings.